The largest absolute Gasteiger partial charge is 0.481 e. The van der Waals surface area contributed by atoms with Crippen molar-refractivity contribution >= 4 is 17.8 Å². The Kier molecular flexibility index (Phi) is 5.49. The highest BCUT2D eigenvalue weighted by Crippen LogP contribution is 2.24. The first-order valence-electron chi connectivity index (χ1n) is 4.93. The molecule has 0 saturated heterocycles. The Morgan fingerprint density at radius 3 is 2.06 bits per heavy atom. The van der Waals surface area contributed by atoms with E-state index in [0.29, 0.717) is 0 Å². The first-order valence-corrected chi connectivity index (χ1v) is 4.93. The molecule has 0 fully saturated rings. The van der Waals surface area contributed by atoms with E-state index < -0.39 is 17.4 Å². The molecule has 92 valence electrons. The highest BCUT2D eigenvalue weighted by atomic mass is 16.4. The number of amides is 1. The Morgan fingerprint density at radius 2 is 1.62 bits per heavy atom. The van der Waals surface area contributed by atoms with Crippen molar-refractivity contribution in [1.82, 2.24) is 5.32 Å². The van der Waals surface area contributed by atoms with Crippen molar-refractivity contribution < 1.29 is 24.6 Å². The van der Waals surface area contributed by atoms with Crippen LogP contribution in [0.5, 0.6) is 0 Å². The van der Waals surface area contributed by atoms with Crippen LogP contribution >= 0.6 is 0 Å². The van der Waals surface area contributed by atoms with Gasteiger partial charge in [0.2, 0.25) is 5.91 Å². The van der Waals surface area contributed by atoms with Gasteiger partial charge in [-0.05, 0) is 5.41 Å². The maximum Gasteiger partial charge on any atom is 0.305 e. The molecule has 0 aliphatic heterocycles. The zero-order valence-electron chi connectivity index (χ0n) is 9.45. The van der Waals surface area contributed by atoms with Crippen LogP contribution in [0.3, 0.4) is 0 Å². The monoisotopic (exact) mass is 231 g/mol. The van der Waals surface area contributed by atoms with Gasteiger partial charge in [-0.2, -0.15) is 0 Å². The molecule has 0 bridgehead atoms. The summed E-state index contributed by atoms with van der Waals surface area (Å²) in [5.41, 5.74) is -0.626. The third-order valence-corrected chi connectivity index (χ3v) is 1.93. The van der Waals surface area contributed by atoms with E-state index in [1.165, 1.54) is 0 Å². The SMILES string of the molecule is CC(C)(CC(=O)O)CC(=O)NCCC(=O)O. The summed E-state index contributed by atoms with van der Waals surface area (Å²) in [7, 11) is 0. The van der Waals surface area contributed by atoms with Crippen LogP contribution in [0.1, 0.15) is 33.1 Å². The average Bonchev–Trinajstić information content (AvgIpc) is 1.98. The molecule has 0 unspecified atom stereocenters. The van der Waals surface area contributed by atoms with Gasteiger partial charge in [-0.1, -0.05) is 13.8 Å². The molecule has 1 amide bonds. The lowest BCUT2D eigenvalue weighted by atomic mass is 9.85. The van der Waals surface area contributed by atoms with E-state index in [9.17, 15) is 14.4 Å². The molecule has 0 rings (SSSR count). The van der Waals surface area contributed by atoms with Gasteiger partial charge in [0.15, 0.2) is 0 Å². The maximum atomic E-state index is 11.3. The fourth-order valence-electron chi connectivity index (χ4n) is 1.28. The Balaban J connectivity index is 3.94. The molecule has 6 nitrogen and oxygen atoms in total. The van der Waals surface area contributed by atoms with Crippen molar-refractivity contribution in [1.29, 1.82) is 0 Å². The molecule has 0 aliphatic carbocycles. The molecule has 0 heterocycles. The summed E-state index contributed by atoms with van der Waals surface area (Å²) in [6.45, 7) is 3.42. The standard InChI is InChI=1S/C10H17NO5/c1-10(2,6-9(15)16)5-7(12)11-4-3-8(13)14/h3-6H2,1-2H3,(H,11,12)(H,13,14)(H,15,16). The summed E-state index contributed by atoms with van der Waals surface area (Å²) in [5, 5.41) is 19.4. The van der Waals surface area contributed by atoms with Gasteiger partial charge in [0.05, 0.1) is 12.8 Å². The van der Waals surface area contributed by atoms with Gasteiger partial charge >= 0.3 is 11.9 Å². The fourth-order valence-corrected chi connectivity index (χ4v) is 1.28. The second-order valence-corrected chi connectivity index (χ2v) is 4.41. The number of nitrogens with one attached hydrogen (secondary N) is 1. The molecule has 3 N–H and O–H groups in total. The molecular formula is C10H17NO5. The van der Waals surface area contributed by atoms with Crippen LogP contribution in [0.4, 0.5) is 0 Å². The quantitative estimate of drug-likeness (QED) is 0.590. The van der Waals surface area contributed by atoms with E-state index in [4.69, 9.17) is 10.2 Å². The van der Waals surface area contributed by atoms with Gasteiger partial charge in [0, 0.05) is 13.0 Å². The van der Waals surface area contributed by atoms with Crippen LogP contribution in [-0.4, -0.2) is 34.6 Å². The van der Waals surface area contributed by atoms with E-state index in [1.54, 1.807) is 13.8 Å². The Morgan fingerprint density at radius 1 is 1.06 bits per heavy atom. The van der Waals surface area contributed by atoms with E-state index in [0.717, 1.165) is 0 Å². The lowest BCUT2D eigenvalue weighted by Crippen LogP contribution is -2.31. The van der Waals surface area contributed by atoms with Gasteiger partial charge in [0.1, 0.15) is 0 Å². The Labute approximate surface area is 93.6 Å². The number of carboxylic acid groups (broad SMARTS) is 2. The number of aliphatic carboxylic acids is 2. The predicted octanol–water partition coefficient (Wildman–Crippen LogP) is 0.468. The van der Waals surface area contributed by atoms with Crippen LogP contribution in [0.2, 0.25) is 0 Å². The first kappa shape index (κ1) is 14.4. The molecule has 0 spiro atoms. The van der Waals surface area contributed by atoms with Crippen LogP contribution in [-0.2, 0) is 14.4 Å². The van der Waals surface area contributed by atoms with Crippen LogP contribution in [0.25, 0.3) is 0 Å². The molecule has 0 saturated carbocycles. The van der Waals surface area contributed by atoms with Crippen LogP contribution in [0.15, 0.2) is 0 Å². The number of rotatable bonds is 7. The van der Waals surface area contributed by atoms with E-state index in [1.807, 2.05) is 0 Å². The number of hydrogen-bond donors (Lipinski definition) is 3. The van der Waals surface area contributed by atoms with Gasteiger partial charge in [-0.15, -0.1) is 0 Å². The van der Waals surface area contributed by atoms with Gasteiger partial charge in [-0.25, -0.2) is 0 Å². The topological polar surface area (TPSA) is 104 Å². The Hall–Kier alpha value is -1.59. The summed E-state index contributed by atoms with van der Waals surface area (Å²) in [6.07, 6.45) is -0.163. The lowest BCUT2D eigenvalue weighted by Gasteiger charge is -2.21. The number of carbonyl (C=O) groups excluding carboxylic acids is 1. The van der Waals surface area contributed by atoms with Crippen LogP contribution < -0.4 is 5.32 Å². The van der Waals surface area contributed by atoms with E-state index in [-0.39, 0.29) is 31.7 Å². The summed E-state index contributed by atoms with van der Waals surface area (Å²) in [5.74, 6) is -2.26. The van der Waals surface area contributed by atoms with Crippen molar-refractivity contribution in [2.24, 2.45) is 5.41 Å². The lowest BCUT2D eigenvalue weighted by molar-refractivity contribution is -0.139. The summed E-state index contributed by atoms with van der Waals surface area (Å²) < 4.78 is 0. The van der Waals surface area contributed by atoms with Gasteiger partial charge in [0.25, 0.3) is 0 Å². The van der Waals surface area contributed by atoms with Crippen molar-refractivity contribution in [3.8, 4) is 0 Å². The molecule has 0 aromatic rings. The number of carbonyl (C=O) groups is 3. The molecule has 6 heteroatoms. The van der Waals surface area contributed by atoms with Gasteiger partial charge in [-0.3, -0.25) is 14.4 Å². The van der Waals surface area contributed by atoms with Crippen molar-refractivity contribution in [3.05, 3.63) is 0 Å². The van der Waals surface area contributed by atoms with Gasteiger partial charge < -0.3 is 15.5 Å². The highest BCUT2D eigenvalue weighted by Gasteiger charge is 2.24. The van der Waals surface area contributed by atoms with E-state index >= 15 is 0 Å². The maximum absolute atomic E-state index is 11.3. The molecule has 0 radical (unpaired) electrons. The molecule has 0 atom stereocenters. The van der Waals surface area contributed by atoms with Crippen molar-refractivity contribution in [2.45, 2.75) is 33.1 Å². The van der Waals surface area contributed by atoms with Crippen molar-refractivity contribution in [3.63, 3.8) is 0 Å². The van der Waals surface area contributed by atoms with Crippen molar-refractivity contribution in [2.75, 3.05) is 6.54 Å². The van der Waals surface area contributed by atoms with Crippen LogP contribution in [0, 0.1) is 5.41 Å². The Bertz CT molecular complexity index is 285. The zero-order valence-corrected chi connectivity index (χ0v) is 9.45. The zero-order chi connectivity index (χ0) is 12.8. The number of hydrogen-bond acceptors (Lipinski definition) is 3. The number of carboxylic acids is 2. The molecular weight excluding hydrogens is 214 g/mol. The second-order valence-electron chi connectivity index (χ2n) is 4.41. The average molecular weight is 231 g/mol. The molecule has 0 aromatic carbocycles. The second kappa shape index (κ2) is 6.09. The fraction of sp³-hybridized carbons (Fsp3) is 0.700. The van der Waals surface area contributed by atoms with E-state index in [2.05, 4.69) is 5.32 Å². The molecule has 16 heavy (non-hydrogen) atoms. The third-order valence-electron chi connectivity index (χ3n) is 1.93. The minimum atomic E-state index is -0.981. The first-order chi connectivity index (χ1) is 7.23. The minimum Gasteiger partial charge on any atom is -0.481 e. The molecule has 0 aromatic heterocycles. The third kappa shape index (κ3) is 7.78. The summed E-state index contributed by atoms with van der Waals surface area (Å²) >= 11 is 0. The summed E-state index contributed by atoms with van der Waals surface area (Å²) in [4.78, 5) is 32.0. The summed E-state index contributed by atoms with van der Waals surface area (Å²) in [6, 6.07) is 0. The predicted molar refractivity (Wildman–Crippen MR) is 55.9 cm³/mol. The normalized spacial score (nSPS) is 10.9. The molecule has 0 aliphatic rings. The minimum absolute atomic E-state index is 0.0668. The highest BCUT2D eigenvalue weighted by molar-refractivity contribution is 5.78. The smallest absolute Gasteiger partial charge is 0.305 e.